The van der Waals surface area contributed by atoms with E-state index in [2.05, 4.69) is 105 Å². The number of carbonyl (C=O) groups excluding carboxylic acids is 1. The van der Waals surface area contributed by atoms with Gasteiger partial charge in [0.25, 0.3) is 0 Å². The molecule has 9 heteroatoms. The number of thiophene rings is 1. The Kier molecular flexibility index (Phi) is 11.7. The minimum absolute atomic E-state index is 0.0810. The van der Waals surface area contributed by atoms with Crippen LogP contribution < -0.4 is 5.32 Å². The molecule has 1 aliphatic heterocycles. The molecule has 8 atom stereocenters. The highest BCUT2D eigenvalue weighted by atomic mass is 32.1. The van der Waals surface area contributed by atoms with Gasteiger partial charge in [-0.25, -0.2) is 0 Å². The third-order valence-corrected chi connectivity index (χ3v) is 11.9. The van der Waals surface area contributed by atoms with Gasteiger partial charge in [-0.05, 0) is 86.0 Å². The van der Waals surface area contributed by atoms with Crippen molar-refractivity contribution >= 4 is 17.2 Å². The summed E-state index contributed by atoms with van der Waals surface area (Å²) in [6.07, 6.45) is 1.65. The molecular formula is C38H58N4O4S. The molecule has 2 aromatic rings. The first-order valence-electron chi connectivity index (χ1n) is 17.5. The second kappa shape index (κ2) is 15.2. The van der Waals surface area contributed by atoms with Crippen LogP contribution in [0.25, 0.3) is 0 Å². The van der Waals surface area contributed by atoms with Gasteiger partial charge < -0.3 is 20.4 Å². The zero-order valence-electron chi connectivity index (χ0n) is 29.6. The number of hydrogen-bond donors (Lipinski definition) is 3. The van der Waals surface area contributed by atoms with E-state index in [1.807, 2.05) is 0 Å². The molecule has 0 spiro atoms. The molecule has 1 saturated heterocycles. The van der Waals surface area contributed by atoms with Crippen LogP contribution in [0.5, 0.6) is 0 Å². The highest BCUT2D eigenvalue weighted by molar-refractivity contribution is 7.09. The van der Waals surface area contributed by atoms with Gasteiger partial charge in [-0.15, -0.1) is 11.3 Å². The minimum Gasteiger partial charge on any atom is -0.394 e. The number of fused-ring (bicyclic) bond motifs is 2. The van der Waals surface area contributed by atoms with Crippen molar-refractivity contribution in [2.75, 3.05) is 27.2 Å². The Morgan fingerprint density at radius 2 is 1.89 bits per heavy atom. The average Bonchev–Trinajstić information content (AvgIpc) is 3.64. The highest BCUT2D eigenvalue weighted by Crippen LogP contribution is 2.60. The molecule has 2 bridgehead atoms. The van der Waals surface area contributed by atoms with Crippen molar-refractivity contribution in [2.24, 2.45) is 29.1 Å². The first kappa shape index (κ1) is 36.2. The Hall–Kier alpha value is -2.11. The first-order chi connectivity index (χ1) is 22.3. The smallest absolute Gasteiger partial charge is 0.240 e. The molecule has 8 nitrogen and oxygen atoms in total. The number of rotatable bonds is 15. The lowest BCUT2D eigenvalue weighted by Crippen LogP contribution is -2.59. The van der Waals surface area contributed by atoms with E-state index in [-0.39, 0.29) is 24.0 Å². The maximum atomic E-state index is 14.1. The second-order valence-electron chi connectivity index (χ2n) is 15.7. The quantitative estimate of drug-likeness (QED) is 0.222. The number of amides is 1. The van der Waals surface area contributed by atoms with Gasteiger partial charge in [-0.3, -0.25) is 14.5 Å². The molecule has 0 unspecified atom stereocenters. The van der Waals surface area contributed by atoms with Crippen LogP contribution in [0.4, 0.5) is 0 Å². The Morgan fingerprint density at radius 3 is 2.49 bits per heavy atom. The van der Waals surface area contributed by atoms with Crippen molar-refractivity contribution in [1.29, 1.82) is 0 Å². The summed E-state index contributed by atoms with van der Waals surface area (Å²) in [6, 6.07) is 12.5. The van der Waals surface area contributed by atoms with Gasteiger partial charge in [0, 0.05) is 36.5 Å². The molecule has 0 radical (unpaired) electrons. The molecule has 1 amide bonds. The van der Waals surface area contributed by atoms with Crippen molar-refractivity contribution in [3.63, 3.8) is 0 Å². The summed E-state index contributed by atoms with van der Waals surface area (Å²) in [5, 5.41) is 28.2. The number of nitrogens with one attached hydrogen (secondary N) is 1. The number of nitrogens with zero attached hydrogens (tertiary/aromatic N) is 3. The molecule has 4 aliphatic rings. The van der Waals surface area contributed by atoms with Crippen LogP contribution in [0.3, 0.4) is 0 Å². The van der Waals surface area contributed by atoms with Crippen molar-refractivity contribution in [3.8, 4) is 0 Å². The van der Waals surface area contributed by atoms with Gasteiger partial charge in [-0.2, -0.15) is 5.06 Å². The van der Waals surface area contributed by atoms with E-state index in [4.69, 9.17) is 4.84 Å². The lowest BCUT2D eigenvalue weighted by atomic mass is 9.46. The van der Waals surface area contributed by atoms with Gasteiger partial charge in [0.15, 0.2) is 0 Å². The lowest BCUT2D eigenvalue weighted by Gasteiger charge is -2.60. The van der Waals surface area contributed by atoms with E-state index >= 15 is 0 Å². The summed E-state index contributed by atoms with van der Waals surface area (Å²) in [7, 11) is 4.29. The number of aliphatic hydroxyl groups excluding tert-OH is 2. The third kappa shape index (κ3) is 8.20. The van der Waals surface area contributed by atoms with Crippen LogP contribution in [0.15, 0.2) is 53.9 Å². The number of hydrogen-bond acceptors (Lipinski definition) is 8. The van der Waals surface area contributed by atoms with Crippen molar-refractivity contribution in [1.82, 2.24) is 20.2 Å². The predicted octanol–water partition coefficient (Wildman–Crippen LogP) is 5.31. The predicted molar refractivity (Wildman–Crippen MR) is 189 cm³/mol. The van der Waals surface area contributed by atoms with Crippen LogP contribution in [-0.4, -0.2) is 88.6 Å². The molecule has 1 aromatic carbocycles. The standard InChI is InChI=1S/C38H58N4O4S/c1-24(2)15-30(21-40(7)8)41(22-31-13-10-14-47-31)19-27-11-9-12-28(16-27)20-42-36(35(26(4)44)34(23-43)46-42)37(45)39-33-18-29-17-32(25(33)3)38(29,5)6/h9-14,16,24,26,29-30,32-36,43-44H,3,15,17-23H2,1-2,4-8H3,(H,39,45)/t26-,29+,30-,32-,33-,34-,35+,36-/m0/s1. The molecule has 3 N–H and O–H groups in total. The number of likely N-dealkylation sites (N-methyl/N-ethyl adjacent to an activating group) is 1. The van der Waals surface area contributed by atoms with E-state index in [1.54, 1.807) is 23.3 Å². The topological polar surface area (TPSA) is 88.5 Å². The van der Waals surface area contributed by atoms with Gasteiger partial charge >= 0.3 is 0 Å². The summed E-state index contributed by atoms with van der Waals surface area (Å²) in [5.41, 5.74) is 3.57. The Labute approximate surface area is 286 Å². The van der Waals surface area contributed by atoms with Crippen molar-refractivity contribution in [2.45, 2.75) is 104 Å². The van der Waals surface area contributed by atoms with Gasteiger partial charge in [-0.1, -0.05) is 70.2 Å². The zero-order valence-corrected chi connectivity index (χ0v) is 30.4. The maximum absolute atomic E-state index is 14.1. The van der Waals surface area contributed by atoms with Crippen LogP contribution in [0.2, 0.25) is 0 Å². The SMILES string of the molecule is C=C1[C@@H](NC(=O)[C@@H]2[C@H]([C@H](C)O)[C@H](CO)ON2Cc2cccc(CN(Cc3cccs3)[C@@H](CC(C)C)CN(C)C)c2)C[C@H]2C[C@@H]1C2(C)C. The number of hydroxylamine groups is 2. The number of benzene rings is 1. The van der Waals surface area contributed by atoms with E-state index in [0.717, 1.165) is 50.0 Å². The fourth-order valence-electron chi connectivity index (χ4n) is 8.47. The summed E-state index contributed by atoms with van der Waals surface area (Å²) in [6.45, 7) is 18.1. The van der Waals surface area contributed by atoms with E-state index in [1.165, 1.54) is 10.4 Å². The van der Waals surface area contributed by atoms with Crippen molar-refractivity contribution in [3.05, 3.63) is 69.9 Å². The van der Waals surface area contributed by atoms with Crippen molar-refractivity contribution < 1.29 is 19.8 Å². The maximum Gasteiger partial charge on any atom is 0.240 e. The summed E-state index contributed by atoms with van der Waals surface area (Å²) >= 11 is 1.80. The number of aliphatic hydroxyl groups is 2. The fourth-order valence-corrected chi connectivity index (χ4v) is 9.20. The van der Waals surface area contributed by atoms with Crippen LogP contribution >= 0.6 is 11.3 Å². The van der Waals surface area contributed by atoms with E-state index < -0.39 is 24.2 Å². The molecule has 6 rings (SSSR count). The molecule has 3 aliphatic carbocycles. The van der Waals surface area contributed by atoms with Crippen LogP contribution in [0.1, 0.15) is 69.9 Å². The highest BCUT2D eigenvalue weighted by Gasteiger charge is 2.56. The Bertz CT molecular complexity index is 1330. The van der Waals surface area contributed by atoms with E-state index in [0.29, 0.717) is 30.3 Å². The number of carbonyl (C=O) groups is 1. The molecule has 1 aromatic heterocycles. The third-order valence-electron chi connectivity index (χ3n) is 11.1. The summed E-state index contributed by atoms with van der Waals surface area (Å²) in [5.74, 6) is 0.833. The molecule has 47 heavy (non-hydrogen) atoms. The second-order valence-corrected chi connectivity index (χ2v) is 16.7. The Morgan fingerprint density at radius 1 is 1.15 bits per heavy atom. The summed E-state index contributed by atoms with van der Waals surface area (Å²) < 4.78 is 0. The molecular weight excluding hydrogens is 609 g/mol. The lowest BCUT2D eigenvalue weighted by molar-refractivity contribution is -0.182. The summed E-state index contributed by atoms with van der Waals surface area (Å²) in [4.78, 5) is 26.5. The van der Waals surface area contributed by atoms with Gasteiger partial charge in [0.2, 0.25) is 5.91 Å². The largest absolute Gasteiger partial charge is 0.394 e. The molecule has 2 heterocycles. The fraction of sp³-hybridized carbons (Fsp3) is 0.658. The van der Waals surface area contributed by atoms with Crippen LogP contribution in [-0.2, 0) is 29.3 Å². The first-order valence-corrected chi connectivity index (χ1v) is 18.4. The molecule has 4 fully saturated rings. The zero-order chi connectivity index (χ0) is 34.0. The average molecular weight is 667 g/mol. The molecule has 260 valence electrons. The minimum atomic E-state index is -0.832. The van der Waals surface area contributed by atoms with E-state index in [9.17, 15) is 15.0 Å². The normalized spacial score (nSPS) is 28.6. The van der Waals surface area contributed by atoms with Gasteiger partial charge in [0.1, 0.15) is 12.1 Å². The van der Waals surface area contributed by atoms with Gasteiger partial charge in [0.05, 0.1) is 25.3 Å². The monoisotopic (exact) mass is 666 g/mol. The Balaban J connectivity index is 1.34. The van der Waals surface area contributed by atoms with Crippen LogP contribution in [0, 0.1) is 29.1 Å². The molecule has 3 saturated carbocycles.